The van der Waals surface area contributed by atoms with Gasteiger partial charge in [-0.2, -0.15) is 0 Å². The Morgan fingerprint density at radius 1 is 1.20 bits per heavy atom. The molecule has 0 aromatic heterocycles. The summed E-state index contributed by atoms with van der Waals surface area (Å²) in [6, 6.07) is 0.628. The number of nitrogens with one attached hydrogen (secondary N) is 1. The van der Waals surface area contributed by atoms with Gasteiger partial charge in [0.1, 0.15) is 0 Å². The molecule has 0 amide bonds. The van der Waals surface area contributed by atoms with Crippen molar-refractivity contribution in [3.63, 3.8) is 0 Å². The fourth-order valence-corrected chi connectivity index (χ4v) is 1.56. The van der Waals surface area contributed by atoms with E-state index in [2.05, 4.69) is 37.7 Å². The lowest BCUT2D eigenvalue weighted by Gasteiger charge is -2.13. The molecule has 0 aliphatic heterocycles. The quantitative estimate of drug-likeness (QED) is 0.442. The van der Waals surface area contributed by atoms with Crippen LogP contribution in [0.2, 0.25) is 0 Å². The zero-order valence-corrected chi connectivity index (χ0v) is 10.8. The van der Waals surface area contributed by atoms with Crippen LogP contribution in [0.3, 0.4) is 0 Å². The first-order valence-electron chi connectivity index (χ1n) is 6.19. The Kier molecular flexibility index (Phi) is 9.96. The van der Waals surface area contributed by atoms with Crippen molar-refractivity contribution in [1.29, 1.82) is 0 Å². The average molecular weight is 212 g/mol. The summed E-state index contributed by atoms with van der Waals surface area (Å²) in [7, 11) is 2.15. The van der Waals surface area contributed by atoms with E-state index < -0.39 is 0 Å². The van der Waals surface area contributed by atoms with Gasteiger partial charge in [-0.1, -0.05) is 32.8 Å². The molecule has 0 aliphatic carbocycles. The highest BCUT2D eigenvalue weighted by Gasteiger charge is 1.95. The second-order valence-electron chi connectivity index (χ2n) is 4.57. The Hall–Kier alpha value is -0.340. The minimum atomic E-state index is 0.628. The largest absolute Gasteiger partial charge is 0.315 e. The maximum atomic E-state index is 3.74. The van der Waals surface area contributed by atoms with Crippen molar-refractivity contribution in [2.24, 2.45) is 0 Å². The molecule has 0 heterocycles. The molecule has 0 fully saturated rings. The van der Waals surface area contributed by atoms with Gasteiger partial charge >= 0.3 is 0 Å². The van der Waals surface area contributed by atoms with Crippen LogP contribution in [0.25, 0.3) is 0 Å². The molecule has 0 aliphatic rings. The van der Waals surface area contributed by atoms with Gasteiger partial charge in [-0.25, -0.2) is 0 Å². The third-order valence-corrected chi connectivity index (χ3v) is 2.46. The molecule has 0 rings (SSSR count). The van der Waals surface area contributed by atoms with E-state index in [1.54, 1.807) is 0 Å². The van der Waals surface area contributed by atoms with Crippen molar-refractivity contribution in [1.82, 2.24) is 10.2 Å². The van der Waals surface area contributed by atoms with Crippen molar-refractivity contribution < 1.29 is 0 Å². The van der Waals surface area contributed by atoms with Crippen LogP contribution >= 0.6 is 0 Å². The third-order valence-electron chi connectivity index (χ3n) is 2.46. The van der Waals surface area contributed by atoms with E-state index in [0.717, 1.165) is 6.54 Å². The molecule has 0 unspecified atom stereocenters. The zero-order chi connectivity index (χ0) is 11.5. The maximum absolute atomic E-state index is 3.74. The number of rotatable bonds is 10. The third kappa shape index (κ3) is 11.6. The molecule has 0 spiro atoms. The molecule has 0 saturated carbocycles. The summed E-state index contributed by atoms with van der Waals surface area (Å²) in [6.07, 6.45) is 7.28. The lowest BCUT2D eigenvalue weighted by atomic mass is 10.2. The van der Waals surface area contributed by atoms with Gasteiger partial charge in [-0.15, -0.1) is 6.58 Å². The summed E-state index contributed by atoms with van der Waals surface area (Å²) in [5.74, 6) is 0. The molecule has 2 heteroatoms. The van der Waals surface area contributed by atoms with Gasteiger partial charge in [-0.05, 0) is 33.0 Å². The zero-order valence-electron chi connectivity index (χ0n) is 10.8. The van der Waals surface area contributed by atoms with Gasteiger partial charge in [0, 0.05) is 12.6 Å². The summed E-state index contributed by atoms with van der Waals surface area (Å²) in [5.41, 5.74) is 0. The number of hydrogen-bond acceptors (Lipinski definition) is 2. The molecule has 1 N–H and O–H groups in total. The first-order valence-corrected chi connectivity index (χ1v) is 6.19. The molecule has 90 valence electrons. The molecule has 2 nitrogen and oxygen atoms in total. The fraction of sp³-hybridized carbons (Fsp3) is 0.846. The number of unbranched alkanes of at least 4 members (excludes halogenated alkanes) is 3. The fourth-order valence-electron chi connectivity index (χ4n) is 1.56. The Morgan fingerprint density at radius 2 is 1.87 bits per heavy atom. The van der Waals surface area contributed by atoms with Crippen LogP contribution in [-0.2, 0) is 0 Å². The highest BCUT2D eigenvalue weighted by molar-refractivity contribution is 4.70. The molecule has 0 bridgehead atoms. The van der Waals surface area contributed by atoms with E-state index in [1.165, 1.54) is 38.8 Å². The topological polar surface area (TPSA) is 15.3 Å². The van der Waals surface area contributed by atoms with Crippen LogP contribution in [-0.4, -0.2) is 37.6 Å². The first kappa shape index (κ1) is 14.7. The van der Waals surface area contributed by atoms with Crippen molar-refractivity contribution in [3.8, 4) is 0 Å². The minimum Gasteiger partial charge on any atom is -0.315 e. The normalized spacial score (nSPS) is 11.3. The Labute approximate surface area is 95.7 Å². The highest BCUT2D eigenvalue weighted by atomic mass is 15.1. The van der Waals surface area contributed by atoms with Gasteiger partial charge in [-0.3, -0.25) is 0 Å². The van der Waals surface area contributed by atoms with Crippen molar-refractivity contribution >= 4 is 0 Å². The van der Waals surface area contributed by atoms with Gasteiger partial charge in [0.05, 0.1) is 0 Å². The van der Waals surface area contributed by atoms with Crippen LogP contribution < -0.4 is 5.32 Å². The smallest absolute Gasteiger partial charge is 0.0157 e. The summed E-state index contributed by atoms with van der Waals surface area (Å²) >= 11 is 0. The summed E-state index contributed by atoms with van der Waals surface area (Å²) in [4.78, 5) is 2.32. The summed E-state index contributed by atoms with van der Waals surface area (Å²) < 4.78 is 0. The molecule has 15 heavy (non-hydrogen) atoms. The molecular formula is C13H28N2. The lowest BCUT2D eigenvalue weighted by Crippen LogP contribution is -2.23. The molecule has 0 aromatic carbocycles. The van der Waals surface area contributed by atoms with Crippen LogP contribution in [0.15, 0.2) is 12.7 Å². The summed E-state index contributed by atoms with van der Waals surface area (Å²) in [5, 5.41) is 3.44. The molecule has 0 radical (unpaired) electrons. The SMILES string of the molecule is C=CCN(C)CCCCCCNC(C)C. The van der Waals surface area contributed by atoms with E-state index in [0.29, 0.717) is 6.04 Å². The maximum Gasteiger partial charge on any atom is 0.0157 e. The van der Waals surface area contributed by atoms with Gasteiger partial charge in [0.2, 0.25) is 0 Å². The first-order chi connectivity index (χ1) is 7.16. The lowest BCUT2D eigenvalue weighted by molar-refractivity contribution is 0.356. The highest BCUT2D eigenvalue weighted by Crippen LogP contribution is 2.00. The van der Waals surface area contributed by atoms with Crippen LogP contribution in [0, 0.1) is 0 Å². The second-order valence-corrected chi connectivity index (χ2v) is 4.57. The van der Waals surface area contributed by atoms with E-state index in [1.807, 2.05) is 6.08 Å². The van der Waals surface area contributed by atoms with Gasteiger partial charge in [0.25, 0.3) is 0 Å². The molecule has 0 aromatic rings. The average Bonchev–Trinajstić information content (AvgIpc) is 2.16. The molecule has 0 saturated heterocycles. The Balaban J connectivity index is 3.07. The monoisotopic (exact) mass is 212 g/mol. The van der Waals surface area contributed by atoms with E-state index in [4.69, 9.17) is 0 Å². The summed E-state index contributed by atoms with van der Waals surface area (Å²) in [6.45, 7) is 11.5. The van der Waals surface area contributed by atoms with Gasteiger partial charge in [0.15, 0.2) is 0 Å². The van der Waals surface area contributed by atoms with E-state index in [-0.39, 0.29) is 0 Å². The number of likely N-dealkylation sites (N-methyl/N-ethyl adjacent to an activating group) is 1. The van der Waals surface area contributed by atoms with Crippen molar-refractivity contribution in [2.75, 3.05) is 26.7 Å². The predicted molar refractivity (Wildman–Crippen MR) is 69.3 cm³/mol. The Morgan fingerprint density at radius 3 is 2.47 bits per heavy atom. The number of nitrogens with zero attached hydrogens (tertiary/aromatic N) is 1. The predicted octanol–water partition coefficient (Wildman–Crippen LogP) is 2.66. The molecular weight excluding hydrogens is 184 g/mol. The van der Waals surface area contributed by atoms with Gasteiger partial charge < -0.3 is 10.2 Å². The van der Waals surface area contributed by atoms with Crippen molar-refractivity contribution in [3.05, 3.63) is 12.7 Å². The van der Waals surface area contributed by atoms with Crippen LogP contribution in [0.4, 0.5) is 0 Å². The standard InChI is InChI=1S/C13H28N2/c1-5-11-15(4)12-9-7-6-8-10-14-13(2)3/h5,13-14H,1,6-12H2,2-4H3. The van der Waals surface area contributed by atoms with Crippen LogP contribution in [0.5, 0.6) is 0 Å². The molecule has 0 atom stereocenters. The minimum absolute atomic E-state index is 0.628. The van der Waals surface area contributed by atoms with Crippen molar-refractivity contribution in [2.45, 2.75) is 45.6 Å². The van der Waals surface area contributed by atoms with E-state index >= 15 is 0 Å². The Bertz CT molecular complexity index is 143. The van der Waals surface area contributed by atoms with Crippen LogP contribution in [0.1, 0.15) is 39.5 Å². The number of hydrogen-bond donors (Lipinski definition) is 1. The second kappa shape index (κ2) is 10.2. The van der Waals surface area contributed by atoms with E-state index in [9.17, 15) is 0 Å².